The van der Waals surface area contributed by atoms with Crippen LogP contribution in [-0.2, 0) is 20.0 Å². The van der Waals surface area contributed by atoms with Gasteiger partial charge in [0.1, 0.15) is 10.6 Å². The van der Waals surface area contributed by atoms with Gasteiger partial charge in [0.2, 0.25) is 10.0 Å². The zero-order chi connectivity index (χ0) is 27.5. The molecule has 9 nitrogen and oxygen atoms in total. The number of sulfonamides is 2. The average Bonchev–Trinajstić information content (AvgIpc) is 2.82. The number of Topliss-reactive ketones (excluding diaryl/α,β-unsaturated/α-hetero) is 1. The number of aliphatic hydroxyl groups is 1. The van der Waals surface area contributed by atoms with Crippen molar-refractivity contribution >= 4 is 77.9 Å². The van der Waals surface area contributed by atoms with Crippen molar-refractivity contribution in [2.45, 2.75) is 16.7 Å². The van der Waals surface area contributed by atoms with Crippen LogP contribution in [0.25, 0.3) is 0 Å². The molecule has 0 aromatic heterocycles. The van der Waals surface area contributed by atoms with Gasteiger partial charge in [0, 0.05) is 6.54 Å². The lowest BCUT2D eigenvalue weighted by Gasteiger charge is -2.16. The predicted octanol–water partition coefficient (Wildman–Crippen LogP) is 5.37. The van der Waals surface area contributed by atoms with E-state index in [2.05, 4.69) is 9.44 Å². The number of ketones is 1. The average molecular weight is 628 g/mol. The molecule has 0 saturated carbocycles. The van der Waals surface area contributed by atoms with Crippen molar-refractivity contribution in [3.8, 4) is 11.5 Å². The lowest BCUT2D eigenvalue weighted by Crippen LogP contribution is -2.26. The summed E-state index contributed by atoms with van der Waals surface area (Å²) in [6, 6.07) is 10.1. The fourth-order valence-corrected chi connectivity index (χ4v) is 6.31. The highest BCUT2D eigenvalue weighted by atomic mass is 35.5. The molecule has 3 aromatic rings. The van der Waals surface area contributed by atoms with Crippen LogP contribution < -0.4 is 14.2 Å². The highest BCUT2D eigenvalue weighted by Crippen LogP contribution is 2.39. The van der Waals surface area contributed by atoms with Crippen LogP contribution in [0.4, 0.5) is 5.69 Å². The minimum Gasteiger partial charge on any atom is -0.455 e. The molecule has 0 saturated heterocycles. The molecule has 37 heavy (non-hydrogen) atoms. The number of carbonyl (C=O) groups is 1. The molecule has 0 unspecified atom stereocenters. The molecule has 0 spiro atoms. The van der Waals surface area contributed by atoms with Gasteiger partial charge in [-0.15, -0.1) is 0 Å². The van der Waals surface area contributed by atoms with E-state index in [4.69, 9.17) is 56.2 Å². The number of ether oxygens (including phenoxy) is 1. The summed E-state index contributed by atoms with van der Waals surface area (Å²) in [5.74, 6) is -0.405. The zero-order valence-electron chi connectivity index (χ0n) is 18.8. The van der Waals surface area contributed by atoms with Crippen LogP contribution >= 0.6 is 46.4 Å². The van der Waals surface area contributed by atoms with Crippen LogP contribution in [0.2, 0.25) is 20.1 Å². The molecule has 0 aliphatic carbocycles. The van der Waals surface area contributed by atoms with E-state index < -0.39 is 25.8 Å². The molecular formula is C22H18Cl4N2O7S2. The molecule has 0 amide bonds. The second-order valence-electron chi connectivity index (χ2n) is 7.36. The van der Waals surface area contributed by atoms with E-state index in [1.54, 1.807) is 0 Å². The molecular weight excluding hydrogens is 610 g/mol. The molecule has 0 aliphatic rings. The Labute approximate surface area is 233 Å². The summed E-state index contributed by atoms with van der Waals surface area (Å²) in [4.78, 5) is 11.9. The third-order valence-corrected chi connectivity index (χ3v) is 9.31. The quantitative estimate of drug-likeness (QED) is 0.203. The van der Waals surface area contributed by atoms with Crippen molar-refractivity contribution < 1.29 is 31.5 Å². The normalized spacial score (nSPS) is 11.8. The maximum absolute atomic E-state index is 12.9. The number of halogens is 4. The molecule has 198 valence electrons. The first kappa shape index (κ1) is 29.5. The van der Waals surface area contributed by atoms with Gasteiger partial charge in [0.15, 0.2) is 11.5 Å². The molecule has 0 heterocycles. The first-order chi connectivity index (χ1) is 17.3. The van der Waals surface area contributed by atoms with Gasteiger partial charge >= 0.3 is 0 Å². The van der Waals surface area contributed by atoms with Crippen molar-refractivity contribution in [1.29, 1.82) is 0 Å². The van der Waals surface area contributed by atoms with Crippen molar-refractivity contribution in [3.63, 3.8) is 0 Å². The Morgan fingerprint density at radius 1 is 0.892 bits per heavy atom. The van der Waals surface area contributed by atoms with Crippen LogP contribution in [0.3, 0.4) is 0 Å². The Morgan fingerprint density at radius 2 is 1.54 bits per heavy atom. The predicted molar refractivity (Wildman–Crippen MR) is 143 cm³/mol. The molecule has 0 aliphatic heterocycles. The van der Waals surface area contributed by atoms with Gasteiger partial charge < -0.3 is 9.84 Å². The van der Waals surface area contributed by atoms with E-state index >= 15 is 0 Å². The molecule has 0 fully saturated rings. The van der Waals surface area contributed by atoms with Crippen molar-refractivity contribution in [2.24, 2.45) is 0 Å². The number of nitrogens with one attached hydrogen (secondary N) is 2. The van der Waals surface area contributed by atoms with Gasteiger partial charge in [0.25, 0.3) is 10.0 Å². The highest BCUT2D eigenvalue weighted by Gasteiger charge is 2.24. The van der Waals surface area contributed by atoms with E-state index in [1.807, 2.05) is 0 Å². The van der Waals surface area contributed by atoms with Gasteiger partial charge in [-0.2, -0.15) is 0 Å². The zero-order valence-corrected chi connectivity index (χ0v) is 23.4. The topological polar surface area (TPSA) is 139 Å². The number of rotatable bonds is 10. The smallest absolute Gasteiger partial charge is 0.263 e. The van der Waals surface area contributed by atoms with E-state index in [-0.39, 0.29) is 65.8 Å². The molecule has 3 N–H and O–H groups in total. The van der Waals surface area contributed by atoms with Crippen LogP contribution in [0.15, 0.2) is 58.3 Å². The van der Waals surface area contributed by atoms with Gasteiger partial charge in [0.05, 0.1) is 42.8 Å². The van der Waals surface area contributed by atoms with Crippen molar-refractivity contribution in [1.82, 2.24) is 4.72 Å². The van der Waals surface area contributed by atoms with Gasteiger partial charge in [-0.05, 0) is 55.5 Å². The lowest BCUT2D eigenvalue weighted by molar-refractivity contribution is 0.101. The van der Waals surface area contributed by atoms with Gasteiger partial charge in [-0.3, -0.25) is 9.52 Å². The number of hydrogen-bond donors (Lipinski definition) is 3. The summed E-state index contributed by atoms with van der Waals surface area (Å²) in [7, 11) is -8.09. The van der Waals surface area contributed by atoms with E-state index in [9.17, 15) is 21.6 Å². The Kier molecular flexibility index (Phi) is 9.36. The van der Waals surface area contributed by atoms with Crippen molar-refractivity contribution in [2.75, 3.05) is 17.9 Å². The third kappa shape index (κ3) is 6.87. The largest absolute Gasteiger partial charge is 0.455 e. The summed E-state index contributed by atoms with van der Waals surface area (Å²) in [5.41, 5.74) is -0.104. The number of aliphatic hydroxyl groups excluding tert-OH is 1. The number of anilines is 1. The highest BCUT2D eigenvalue weighted by molar-refractivity contribution is 7.92. The first-order valence-corrected chi connectivity index (χ1v) is 14.6. The minimum absolute atomic E-state index is 0.0493. The maximum atomic E-state index is 12.9. The third-order valence-electron chi connectivity index (χ3n) is 4.72. The summed E-state index contributed by atoms with van der Waals surface area (Å²) in [6.07, 6.45) is 0. The first-order valence-electron chi connectivity index (χ1n) is 10.2. The van der Waals surface area contributed by atoms with Gasteiger partial charge in [-0.1, -0.05) is 46.4 Å². The molecule has 3 aromatic carbocycles. The fourth-order valence-electron chi connectivity index (χ4n) is 3.01. The summed E-state index contributed by atoms with van der Waals surface area (Å²) in [6.45, 7) is 0.722. The van der Waals surface area contributed by atoms with Crippen LogP contribution in [0.1, 0.15) is 17.3 Å². The molecule has 0 atom stereocenters. The van der Waals surface area contributed by atoms with Crippen LogP contribution in [-0.4, -0.2) is 40.9 Å². The number of carbonyl (C=O) groups excluding carboxylic acids is 1. The molecule has 0 radical (unpaired) electrons. The Morgan fingerprint density at radius 3 is 2.14 bits per heavy atom. The van der Waals surface area contributed by atoms with Crippen molar-refractivity contribution in [3.05, 3.63) is 74.2 Å². The monoisotopic (exact) mass is 626 g/mol. The van der Waals surface area contributed by atoms with E-state index in [1.165, 1.54) is 55.5 Å². The van der Waals surface area contributed by atoms with Crippen LogP contribution in [0, 0.1) is 0 Å². The summed E-state index contributed by atoms with van der Waals surface area (Å²) < 4.78 is 60.4. The second-order valence-corrected chi connectivity index (χ2v) is 12.4. The molecule has 15 heteroatoms. The SMILES string of the molecule is CC(=O)c1cc(NS(=O)(=O)c2ccc(Cl)c(Cl)c2Cl)cc(Cl)c1Oc1ccc(S(=O)(=O)NCCO)cc1. The Balaban J connectivity index is 1.92. The lowest BCUT2D eigenvalue weighted by atomic mass is 10.1. The Hall–Kier alpha value is -2.09. The maximum Gasteiger partial charge on any atom is 0.263 e. The summed E-state index contributed by atoms with van der Waals surface area (Å²) in [5, 5.41) is 8.36. The summed E-state index contributed by atoms with van der Waals surface area (Å²) >= 11 is 24.2. The number of hydrogen-bond acceptors (Lipinski definition) is 7. The molecule has 3 rings (SSSR count). The Bertz CT molecular complexity index is 1560. The second kappa shape index (κ2) is 11.7. The van der Waals surface area contributed by atoms with E-state index in [0.29, 0.717) is 0 Å². The molecule has 0 bridgehead atoms. The van der Waals surface area contributed by atoms with Crippen LogP contribution in [0.5, 0.6) is 11.5 Å². The fraction of sp³-hybridized carbons (Fsp3) is 0.136. The van der Waals surface area contributed by atoms with E-state index in [0.717, 1.165) is 0 Å². The number of benzene rings is 3. The van der Waals surface area contributed by atoms with Gasteiger partial charge in [-0.25, -0.2) is 21.6 Å². The standard InChI is InChI=1S/C22H18Cl4N2O7S2/c1-12(30)16-10-13(28-37(33,34)19-7-6-17(23)20(25)21(19)26)11-18(24)22(16)35-14-2-4-15(5-3-14)36(31,32)27-8-9-29/h2-7,10-11,27-29H,8-9H2,1H3. The minimum atomic E-state index is -4.25.